The summed E-state index contributed by atoms with van der Waals surface area (Å²) in [5.41, 5.74) is 3.15. The molecule has 0 saturated carbocycles. The summed E-state index contributed by atoms with van der Waals surface area (Å²) in [5.74, 6) is 0.315. The molecule has 1 aromatic heterocycles. The highest BCUT2D eigenvalue weighted by Gasteiger charge is 2.18. The van der Waals surface area contributed by atoms with E-state index in [0.717, 1.165) is 22.8 Å². The molecule has 152 valence electrons. The highest BCUT2D eigenvalue weighted by Crippen LogP contribution is 2.22. The first-order chi connectivity index (χ1) is 13.8. The van der Waals surface area contributed by atoms with E-state index < -0.39 is 9.84 Å². The van der Waals surface area contributed by atoms with Crippen molar-refractivity contribution in [3.05, 3.63) is 77.6 Å². The number of amides is 1. The summed E-state index contributed by atoms with van der Waals surface area (Å²) < 4.78 is 31.9. The van der Waals surface area contributed by atoms with Gasteiger partial charge in [0.2, 0.25) is 0 Å². The van der Waals surface area contributed by atoms with Gasteiger partial charge in [-0.15, -0.1) is 0 Å². The molecule has 0 bridgehead atoms. The second-order valence-electron chi connectivity index (χ2n) is 6.71. The maximum atomic E-state index is 12.6. The monoisotopic (exact) mass is 412 g/mol. The van der Waals surface area contributed by atoms with Gasteiger partial charge >= 0.3 is 0 Å². The van der Waals surface area contributed by atoms with Gasteiger partial charge in [0.05, 0.1) is 23.3 Å². The Balaban J connectivity index is 1.72. The molecule has 0 spiro atoms. The molecule has 0 unspecified atom stereocenters. The van der Waals surface area contributed by atoms with E-state index in [4.69, 9.17) is 4.74 Å². The fourth-order valence-corrected chi connectivity index (χ4v) is 4.44. The molecular formula is C22H24N2O4S. The number of sulfone groups is 1. The molecule has 0 aliphatic rings. The van der Waals surface area contributed by atoms with Gasteiger partial charge in [0.1, 0.15) is 5.75 Å². The van der Waals surface area contributed by atoms with Crippen LogP contribution in [-0.2, 0) is 9.84 Å². The van der Waals surface area contributed by atoms with Crippen LogP contribution in [0.4, 0.5) is 0 Å². The fraction of sp³-hybridized carbons (Fsp3) is 0.227. The number of carbonyl (C=O) groups excluding carboxylic acids is 1. The average Bonchev–Trinajstić information content (AvgIpc) is 3.02. The van der Waals surface area contributed by atoms with Crippen LogP contribution < -0.4 is 10.1 Å². The molecule has 0 aliphatic heterocycles. The Hall–Kier alpha value is -3.06. The lowest BCUT2D eigenvalue weighted by atomic mass is 10.2. The van der Waals surface area contributed by atoms with Crippen LogP contribution >= 0.6 is 0 Å². The number of benzene rings is 2. The van der Waals surface area contributed by atoms with Crippen molar-refractivity contribution >= 4 is 15.7 Å². The highest BCUT2D eigenvalue weighted by molar-refractivity contribution is 7.91. The second kappa shape index (κ2) is 8.53. The van der Waals surface area contributed by atoms with Crippen LogP contribution in [0.25, 0.3) is 5.69 Å². The first kappa shape index (κ1) is 20.7. The molecule has 1 heterocycles. The number of nitrogens with one attached hydrogen (secondary N) is 1. The molecule has 7 heteroatoms. The average molecular weight is 413 g/mol. The number of methoxy groups -OCH3 is 1. The lowest BCUT2D eigenvalue weighted by molar-refractivity contribution is 0.0955. The Bertz CT molecular complexity index is 1100. The number of hydrogen-bond acceptors (Lipinski definition) is 4. The van der Waals surface area contributed by atoms with Gasteiger partial charge in [-0.25, -0.2) is 8.42 Å². The molecule has 0 aliphatic carbocycles. The molecule has 1 amide bonds. The minimum Gasteiger partial charge on any atom is -0.497 e. The summed E-state index contributed by atoms with van der Waals surface area (Å²) in [5, 5.41) is 2.72. The van der Waals surface area contributed by atoms with Crippen molar-refractivity contribution in [3.8, 4) is 11.4 Å². The third-order valence-electron chi connectivity index (χ3n) is 4.77. The Morgan fingerprint density at radius 2 is 1.69 bits per heavy atom. The summed E-state index contributed by atoms with van der Waals surface area (Å²) >= 11 is 0. The van der Waals surface area contributed by atoms with Gasteiger partial charge in [-0.05, 0) is 56.3 Å². The molecule has 0 radical (unpaired) electrons. The second-order valence-corrected chi connectivity index (χ2v) is 8.82. The van der Waals surface area contributed by atoms with E-state index in [9.17, 15) is 13.2 Å². The SMILES string of the molecule is COc1ccc(-n2c(C)cc(C(=O)NCCS(=O)(=O)c3ccccc3)c2C)cc1. The fourth-order valence-electron chi connectivity index (χ4n) is 3.26. The van der Waals surface area contributed by atoms with Crippen molar-refractivity contribution in [2.45, 2.75) is 18.7 Å². The molecule has 0 fully saturated rings. The van der Waals surface area contributed by atoms with Gasteiger partial charge in [-0.2, -0.15) is 0 Å². The Kier molecular flexibility index (Phi) is 6.08. The zero-order valence-electron chi connectivity index (χ0n) is 16.7. The molecule has 2 aromatic carbocycles. The van der Waals surface area contributed by atoms with Crippen LogP contribution in [0.2, 0.25) is 0 Å². The minimum absolute atomic E-state index is 0.0439. The third kappa shape index (κ3) is 4.51. The largest absolute Gasteiger partial charge is 0.497 e. The Morgan fingerprint density at radius 1 is 1.03 bits per heavy atom. The van der Waals surface area contributed by atoms with Crippen molar-refractivity contribution in [1.82, 2.24) is 9.88 Å². The summed E-state index contributed by atoms with van der Waals surface area (Å²) in [6.45, 7) is 3.84. The van der Waals surface area contributed by atoms with E-state index >= 15 is 0 Å². The predicted molar refractivity (Wildman–Crippen MR) is 113 cm³/mol. The minimum atomic E-state index is -3.43. The van der Waals surface area contributed by atoms with Crippen LogP contribution in [0.1, 0.15) is 21.7 Å². The lowest BCUT2D eigenvalue weighted by Crippen LogP contribution is -2.29. The molecule has 6 nitrogen and oxygen atoms in total. The molecule has 3 rings (SSSR count). The predicted octanol–water partition coefficient (Wildman–Crippen LogP) is 3.31. The smallest absolute Gasteiger partial charge is 0.253 e. The van der Waals surface area contributed by atoms with Gasteiger partial charge in [0, 0.05) is 23.6 Å². The number of ether oxygens (including phenoxy) is 1. The van der Waals surface area contributed by atoms with Gasteiger partial charge in [0.15, 0.2) is 9.84 Å². The first-order valence-electron chi connectivity index (χ1n) is 9.23. The van der Waals surface area contributed by atoms with E-state index in [1.807, 2.05) is 42.7 Å². The van der Waals surface area contributed by atoms with Crippen LogP contribution in [0.15, 0.2) is 65.6 Å². The van der Waals surface area contributed by atoms with E-state index in [0.29, 0.717) is 5.56 Å². The van der Waals surface area contributed by atoms with Crippen LogP contribution in [0.3, 0.4) is 0 Å². The van der Waals surface area contributed by atoms with Crippen LogP contribution in [0.5, 0.6) is 5.75 Å². The van der Waals surface area contributed by atoms with Gasteiger partial charge in [-0.3, -0.25) is 4.79 Å². The Morgan fingerprint density at radius 3 is 2.31 bits per heavy atom. The number of nitrogens with zero attached hydrogens (tertiary/aromatic N) is 1. The van der Waals surface area contributed by atoms with E-state index in [2.05, 4.69) is 5.32 Å². The normalized spacial score (nSPS) is 11.3. The number of aryl methyl sites for hydroxylation is 1. The first-order valence-corrected chi connectivity index (χ1v) is 10.9. The van der Waals surface area contributed by atoms with Crippen molar-refractivity contribution in [3.63, 3.8) is 0 Å². The number of rotatable bonds is 7. The van der Waals surface area contributed by atoms with E-state index in [1.165, 1.54) is 0 Å². The zero-order valence-corrected chi connectivity index (χ0v) is 17.5. The van der Waals surface area contributed by atoms with Crippen molar-refractivity contribution in [1.29, 1.82) is 0 Å². The molecule has 0 atom stereocenters. The maximum absolute atomic E-state index is 12.6. The van der Waals surface area contributed by atoms with Crippen molar-refractivity contribution < 1.29 is 17.9 Å². The van der Waals surface area contributed by atoms with Gasteiger partial charge < -0.3 is 14.6 Å². The standard InChI is InChI=1S/C22H24N2O4S/c1-16-15-21(17(2)24(16)18-9-11-19(28-3)12-10-18)22(25)23-13-14-29(26,27)20-7-5-4-6-8-20/h4-12,15H,13-14H2,1-3H3,(H,23,25). The lowest BCUT2D eigenvalue weighted by Gasteiger charge is -2.11. The van der Waals surface area contributed by atoms with Crippen molar-refractivity contribution in [2.24, 2.45) is 0 Å². The number of hydrogen-bond donors (Lipinski definition) is 1. The van der Waals surface area contributed by atoms with Gasteiger partial charge in [-0.1, -0.05) is 18.2 Å². The quantitative estimate of drug-likeness (QED) is 0.646. The maximum Gasteiger partial charge on any atom is 0.253 e. The zero-order chi connectivity index (χ0) is 21.0. The van der Waals surface area contributed by atoms with Crippen molar-refractivity contribution in [2.75, 3.05) is 19.4 Å². The molecule has 1 N–H and O–H groups in total. The van der Waals surface area contributed by atoms with E-state index in [1.54, 1.807) is 43.5 Å². The van der Waals surface area contributed by atoms with Crippen LogP contribution in [-0.4, -0.2) is 38.3 Å². The third-order valence-corrected chi connectivity index (χ3v) is 6.50. The molecule has 29 heavy (non-hydrogen) atoms. The molecular weight excluding hydrogens is 388 g/mol. The van der Waals surface area contributed by atoms with E-state index in [-0.39, 0.29) is 23.1 Å². The van der Waals surface area contributed by atoms with Gasteiger partial charge in [0.25, 0.3) is 5.91 Å². The topological polar surface area (TPSA) is 77.4 Å². The molecule has 0 saturated heterocycles. The summed E-state index contributed by atoms with van der Waals surface area (Å²) in [7, 11) is -1.82. The number of aromatic nitrogens is 1. The Labute approximate surface area is 171 Å². The highest BCUT2D eigenvalue weighted by atomic mass is 32.2. The molecule has 3 aromatic rings. The summed E-state index contributed by atoms with van der Waals surface area (Å²) in [6.07, 6.45) is 0. The summed E-state index contributed by atoms with van der Waals surface area (Å²) in [6, 6.07) is 17.6. The van der Waals surface area contributed by atoms with Crippen LogP contribution in [0, 0.1) is 13.8 Å². The number of carbonyl (C=O) groups is 1. The summed E-state index contributed by atoms with van der Waals surface area (Å²) in [4.78, 5) is 12.9.